The minimum Gasteiger partial charge on any atom is -0.376 e. The number of ether oxygens (including phenoxy) is 1. The molecule has 1 aromatic rings. The molecule has 1 rings (SSSR count). The van der Waals surface area contributed by atoms with Crippen LogP contribution in [0.1, 0.15) is 45.2 Å². The monoisotopic (exact) mass is 235 g/mol. The molecule has 0 radical (unpaired) electrons. The second-order valence-corrected chi connectivity index (χ2v) is 4.87. The Hall–Kier alpha value is -0.860. The molecule has 2 heteroatoms. The van der Waals surface area contributed by atoms with Crippen molar-refractivity contribution in [3.8, 4) is 0 Å². The van der Waals surface area contributed by atoms with Crippen LogP contribution in [-0.4, -0.2) is 12.7 Å². The van der Waals surface area contributed by atoms with Gasteiger partial charge >= 0.3 is 0 Å². The van der Waals surface area contributed by atoms with Crippen LogP contribution < -0.4 is 5.73 Å². The zero-order valence-electron chi connectivity index (χ0n) is 11.2. The van der Waals surface area contributed by atoms with E-state index in [-0.39, 0.29) is 12.1 Å². The average Bonchev–Trinajstić information content (AvgIpc) is 2.36. The maximum absolute atomic E-state index is 6.17. The topological polar surface area (TPSA) is 35.2 Å². The van der Waals surface area contributed by atoms with Gasteiger partial charge in [0.05, 0.1) is 12.1 Å². The molecule has 0 saturated heterocycles. The van der Waals surface area contributed by atoms with Gasteiger partial charge in [-0.05, 0) is 24.8 Å². The lowest BCUT2D eigenvalue weighted by molar-refractivity contribution is 0.0264. The standard InChI is InChI=1S/C15H25NO/c1-4-8-12(2)11-17-13(3)15(16)14-9-6-5-7-10-14/h5-7,9-10,12-13,15H,4,8,11,16H2,1-3H3. The first kappa shape index (κ1) is 14.2. The Morgan fingerprint density at radius 1 is 1.18 bits per heavy atom. The smallest absolute Gasteiger partial charge is 0.0739 e. The summed E-state index contributed by atoms with van der Waals surface area (Å²) in [6.07, 6.45) is 2.49. The molecule has 0 aliphatic rings. The van der Waals surface area contributed by atoms with Gasteiger partial charge in [0.1, 0.15) is 0 Å². The summed E-state index contributed by atoms with van der Waals surface area (Å²) in [4.78, 5) is 0. The number of hydrogen-bond acceptors (Lipinski definition) is 2. The molecule has 0 aromatic heterocycles. The summed E-state index contributed by atoms with van der Waals surface area (Å²) in [7, 11) is 0. The maximum atomic E-state index is 6.17. The van der Waals surface area contributed by atoms with Crippen molar-refractivity contribution in [3.05, 3.63) is 35.9 Å². The normalized spacial score (nSPS) is 16.5. The Kier molecular flexibility index (Phi) is 6.23. The lowest BCUT2D eigenvalue weighted by Crippen LogP contribution is -2.27. The van der Waals surface area contributed by atoms with Gasteiger partial charge in [-0.25, -0.2) is 0 Å². The van der Waals surface area contributed by atoms with Crippen LogP contribution in [0.5, 0.6) is 0 Å². The van der Waals surface area contributed by atoms with Gasteiger partial charge in [-0.1, -0.05) is 50.6 Å². The molecule has 0 bridgehead atoms. The Morgan fingerprint density at radius 2 is 1.82 bits per heavy atom. The van der Waals surface area contributed by atoms with Crippen LogP contribution in [0.2, 0.25) is 0 Å². The minimum atomic E-state index is -0.0370. The largest absolute Gasteiger partial charge is 0.376 e. The predicted octanol–water partition coefficient (Wildman–Crippen LogP) is 3.53. The summed E-state index contributed by atoms with van der Waals surface area (Å²) >= 11 is 0. The van der Waals surface area contributed by atoms with Crippen LogP contribution in [0, 0.1) is 5.92 Å². The highest BCUT2D eigenvalue weighted by atomic mass is 16.5. The van der Waals surface area contributed by atoms with Crippen molar-refractivity contribution < 1.29 is 4.74 Å². The molecule has 3 atom stereocenters. The van der Waals surface area contributed by atoms with E-state index in [9.17, 15) is 0 Å². The molecule has 17 heavy (non-hydrogen) atoms. The van der Waals surface area contributed by atoms with Gasteiger partial charge in [0, 0.05) is 6.61 Å². The Labute approximate surface area is 105 Å². The van der Waals surface area contributed by atoms with Gasteiger partial charge in [-0.3, -0.25) is 0 Å². The van der Waals surface area contributed by atoms with Crippen molar-refractivity contribution in [1.82, 2.24) is 0 Å². The Balaban J connectivity index is 2.40. The summed E-state index contributed by atoms with van der Waals surface area (Å²) < 4.78 is 5.85. The molecular formula is C15H25NO. The van der Waals surface area contributed by atoms with E-state index in [0.717, 1.165) is 12.2 Å². The van der Waals surface area contributed by atoms with E-state index in [2.05, 4.69) is 32.9 Å². The van der Waals surface area contributed by atoms with Crippen LogP contribution >= 0.6 is 0 Å². The van der Waals surface area contributed by atoms with Crippen LogP contribution in [0.3, 0.4) is 0 Å². The first-order valence-corrected chi connectivity index (χ1v) is 6.57. The van der Waals surface area contributed by atoms with E-state index in [1.165, 1.54) is 12.8 Å². The molecule has 0 heterocycles. The van der Waals surface area contributed by atoms with Crippen molar-refractivity contribution in [3.63, 3.8) is 0 Å². The molecule has 1 aromatic carbocycles. The molecular weight excluding hydrogens is 210 g/mol. The van der Waals surface area contributed by atoms with Crippen molar-refractivity contribution in [1.29, 1.82) is 0 Å². The third-order valence-electron chi connectivity index (χ3n) is 3.12. The fourth-order valence-electron chi connectivity index (χ4n) is 1.94. The van der Waals surface area contributed by atoms with Crippen molar-refractivity contribution in [2.75, 3.05) is 6.61 Å². The second-order valence-electron chi connectivity index (χ2n) is 4.87. The van der Waals surface area contributed by atoms with Crippen LogP contribution in [0.4, 0.5) is 0 Å². The summed E-state index contributed by atoms with van der Waals surface area (Å²) in [5.74, 6) is 0.616. The quantitative estimate of drug-likeness (QED) is 0.784. The van der Waals surface area contributed by atoms with E-state index in [0.29, 0.717) is 5.92 Å². The van der Waals surface area contributed by atoms with Gasteiger partial charge in [0.15, 0.2) is 0 Å². The van der Waals surface area contributed by atoms with Crippen LogP contribution in [-0.2, 0) is 4.74 Å². The van der Waals surface area contributed by atoms with E-state index >= 15 is 0 Å². The molecule has 0 saturated carbocycles. The summed E-state index contributed by atoms with van der Waals surface area (Å²) in [5, 5.41) is 0. The highest BCUT2D eigenvalue weighted by Crippen LogP contribution is 2.17. The molecule has 3 unspecified atom stereocenters. The Morgan fingerprint density at radius 3 is 2.41 bits per heavy atom. The maximum Gasteiger partial charge on any atom is 0.0739 e. The Bertz CT molecular complexity index is 299. The molecule has 2 nitrogen and oxygen atoms in total. The number of hydrogen-bond donors (Lipinski definition) is 1. The highest BCUT2D eigenvalue weighted by Gasteiger charge is 2.15. The number of nitrogens with two attached hydrogens (primary N) is 1. The van der Waals surface area contributed by atoms with Crippen LogP contribution in [0.15, 0.2) is 30.3 Å². The van der Waals surface area contributed by atoms with E-state index < -0.39 is 0 Å². The molecule has 0 aliphatic carbocycles. The van der Waals surface area contributed by atoms with Gasteiger partial charge < -0.3 is 10.5 Å². The third kappa shape index (κ3) is 4.88. The van der Waals surface area contributed by atoms with Gasteiger partial charge in [0.2, 0.25) is 0 Å². The van der Waals surface area contributed by atoms with Gasteiger partial charge in [-0.15, -0.1) is 0 Å². The second kappa shape index (κ2) is 7.46. The average molecular weight is 235 g/mol. The summed E-state index contributed by atoms with van der Waals surface area (Å²) in [6.45, 7) is 7.28. The van der Waals surface area contributed by atoms with Crippen molar-refractivity contribution >= 4 is 0 Å². The van der Waals surface area contributed by atoms with E-state index in [1.807, 2.05) is 18.2 Å². The number of rotatable bonds is 7. The fraction of sp³-hybridized carbons (Fsp3) is 0.600. The SMILES string of the molecule is CCCC(C)COC(C)C(N)c1ccccc1. The number of benzene rings is 1. The summed E-state index contributed by atoms with van der Waals surface area (Å²) in [5.41, 5.74) is 7.32. The lowest BCUT2D eigenvalue weighted by atomic mass is 10.0. The van der Waals surface area contributed by atoms with Crippen molar-refractivity contribution in [2.45, 2.75) is 45.8 Å². The molecule has 0 fully saturated rings. The zero-order valence-corrected chi connectivity index (χ0v) is 11.2. The molecule has 0 amide bonds. The van der Waals surface area contributed by atoms with Gasteiger partial charge in [0.25, 0.3) is 0 Å². The molecule has 0 spiro atoms. The highest BCUT2D eigenvalue weighted by molar-refractivity contribution is 5.19. The molecule has 0 aliphatic heterocycles. The molecule has 96 valence electrons. The van der Waals surface area contributed by atoms with Gasteiger partial charge in [-0.2, -0.15) is 0 Å². The summed E-state index contributed by atoms with van der Waals surface area (Å²) in [6, 6.07) is 10.1. The van der Waals surface area contributed by atoms with Crippen LogP contribution in [0.25, 0.3) is 0 Å². The predicted molar refractivity (Wildman–Crippen MR) is 72.9 cm³/mol. The fourth-order valence-corrected chi connectivity index (χ4v) is 1.94. The third-order valence-corrected chi connectivity index (χ3v) is 3.12. The van der Waals surface area contributed by atoms with E-state index in [4.69, 9.17) is 10.5 Å². The first-order chi connectivity index (χ1) is 8.15. The minimum absolute atomic E-state index is 0.0370. The first-order valence-electron chi connectivity index (χ1n) is 6.57. The zero-order chi connectivity index (χ0) is 12.7. The van der Waals surface area contributed by atoms with E-state index in [1.54, 1.807) is 0 Å². The van der Waals surface area contributed by atoms with Crippen molar-refractivity contribution in [2.24, 2.45) is 11.7 Å². The molecule has 2 N–H and O–H groups in total. The lowest BCUT2D eigenvalue weighted by Gasteiger charge is -2.22.